The Morgan fingerprint density at radius 2 is 2.07 bits per heavy atom. The molecule has 2 aromatic heterocycles. The average molecular weight is 416 g/mol. The Balaban J connectivity index is 1.47. The first-order valence-corrected chi connectivity index (χ1v) is 11.1. The lowest BCUT2D eigenvalue weighted by Crippen LogP contribution is -2.63. The van der Waals surface area contributed by atoms with Gasteiger partial charge in [0, 0.05) is 36.5 Å². The molecule has 2 saturated heterocycles. The quantitative estimate of drug-likeness (QED) is 0.499. The SMILES string of the molecule is CN=Cc1cc(-c2nc3sc(N4CCC45CCNCC5)cc3s2)cc(F)c1N. The number of nitrogens with two attached hydrogens (primary N) is 1. The summed E-state index contributed by atoms with van der Waals surface area (Å²) in [7, 11) is 1.65. The van der Waals surface area contributed by atoms with E-state index in [1.54, 1.807) is 35.9 Å². The molecule has 5 nitrogen and oxygen atoms in total. The summed E-state index contributed by atoms with van der Waals surface area (Å²) in [5.74, 6) is -0.430. The smallest absolute Gasteiger partial charge is 0.147 e. The molecule has 3 aromatic rings. The van der Waals surface area contributed by atoms with E-state index in [4.69, 9.17) is 10.7 Å². The maximum atomic E-state index is 14.2. The maximum Gasteiger partial charge on any atom is 0.147 e. The third kappa shape index (κ3) is 2.82. The topological polar surface area (TPSA) is 66.5 Å². The number of aliphatic imine (C=N–C) groups is 1. The second-order valence-electron chi connectivity index (χ2n) is 7.50. The van der Waals surface area contributed by atoms with Crippen LogP contribution in [0, 0.1) is 5.82 Å². The number of thiophene rings is 1. The van der Waals surface area contributed by atoms with Crippen LogP contribution in [0.25, 0.3) is 20.1 Å². The van der Waals surface area contributed by atoms with E-state index >= 15 is 0 Å². The second-order valence-corrected chi connectivity index (χ2v) is 9.54. The molecule has 0 saturated carbocycles. The molecule has 0 aliphatic carbocycles. The van der Waals surface area contributed by atoms with Crippen molar-refractivity contribution in [1.82, 2.24) is 10.3 Å². The van der Waals surface area contributed by atoms with Gasteiger partial charge >= 0.3 is 0 Å². The number of nitrogens with one attached hydrogen (secondary N) is 1. The number of nitrogen functional groups attached to an aromatic ring is 1. The highest BCUT2D eigenvalue weighted by molar-refractivity contribution is 7.30. The van der Waals surface area contributed by atoms with Gasteiger partial charge in [0.25, 0.3) is 0 Å². The third-order valence-electron chi connectivity index (χ3n) is 5.93. The number of hydrogen-bond acceptors (Lipinski definition) is 7. The Hall–Kier alpha value is -2.03. The van der Waals surface area contributed by atoms with Crippen LogP contribution in [0.15, 0.2) is 23.2 Å². The van der Waals surface area contributed by atoms with Crippen molar-refractivity contribution in [2.24, 2.45) is 4.99 Å². The molecule has 2 aliphatic heterocycles. The summed E-state index contributed by atoms with van der Waals surface area (Å²) in [6.07, 6.45) is 5.29. The predicted molar refractivity (Wildman–Crippen MR) is 118 cm³/mol. The molecular formula is C20H22FN5S2. The van der Waals surface area contributed by atoms with Gasteiger partial charge in [-0.25, -0.2) is 9.37 Å². The number of aromatic nitrogens is 1. The number of nitrogens with zero attached hydrogens (tertiary/aromatic N) is 3. The van der Waals surface area contributed by atoms with E-state index in [1.165, 1.54) is 30.3 Å². The maximum absolute atomic E-state index is 14.2. The molecule has 1 aromatic carbocycles. The van der Waals surface area contributed by atoms with Crippen molar-refractivity contribution in [1.29, 1.82) is 0 Å². The summed E-state index contributed by atoms with van der Waals surface area (Å²) in [5, 5.41) is 5.60. The Labute approximate surface area is 171 Å². The Morgan fingerprint density at radius 3 is 2.75 bits per heavy atom. The molecule has 0 unspecified atom stereocenters. The number of rotatable bonds is 3. The summed E-state index contributed by atoms with van der Waals surface area (Å²) in [5.41, 5.74) is 7.62. The Bertz CT molecular complexity index is 1030. The molecule has 146 valence electrons. The standard InChI is InChI=1S/C20H22FN5S2/c1-23-11-13-8-12(9-14(21)17(13)22)18-25-19-15(27-18)10-16(28-19)26-7-4-20(26)2-5-24-6-3-20/h8-11,24H,2-7,22H2,1H3. The van der Waals surface area contributed by atoms with Crippen molar-refractivity contribution >= 4 is 49.1 Å². The predicted octanol–water partition coefficient (Wildman–Crippen LogP) is 4.13. The average Bonchev–Trinajstić information content (AvgIpc) is 3.24. The van der Waals surface area contributed by atoms with Gasteiger partial charge in [0.05, 0.1) is 15.4 Å². The van der Waals surface area contributed by atoms with E-state index in [2.05, 4.69) is 21.3 Å². The van der Waals surface area contributed by atoms with Crippen molar-refractivity contribution in [3.63, 3.8) is 0 Å². The van der Waals surface area contributed by atoms with Gasteiger partial charge in [-0.1, -0.05) is 11.3 Å². The highest BCUT2D eigenvalue weighted by Gasteiger charge is 2.45. The number of halogens is 1. The van der Waals surface area contributed by atoms with Crippen molar-refractivity contribution in [2.75, 3.05) is 37.3 Å². The molecule has 28 heavy (non-hydrogen) atoms. The van der Waals surface area contributed by atoms with E-state index in [-0.39, 0.29) is 5.69 Å². The van der Waals surface area contributed by atoms with Gasteiger partial charge in [-0.2, -0.15) is 0 Å². The minimum atomic E-state index is -0.430. The lowest BCUT2D eigenvalue weighted by Gasteiger charge is -2.56. The first-order valence-electron chi connectivity index (χ1n) is 9.50. The van der Waals surface area contributed by atoms with Crippen LogP contribution in [0.3, 0.4) is 0 Å². The highest BCUT2D eigenvalue weighted by atomic mass is 32.1. The molecule has 0 amide bonds. The molecule has 4 heterocycles. The molecular weight excluding hydrogens is 393 g/mol. The van der Waals surface area contributed by atoms with Crippen LogP contribution >= 0.6 is 22.7 Å². The summed E-state index contributed by atoms with van der Waals surface area (Å²) >= 11 is 3.35. The largest absolute Gasteiger partial charge is 0.396 e. The highest BCUT2D eigenvalue weighted by Crippen LogP contribution is 2.47. The van der Waals surface area contributed by atoms with Crippen LogP contribution in [0.1, 0.15) is 24.8 Å². The Morgan fingerprint density at radius 1 is 1.25 bits per heavy atom. The van der Waals surface area contributed by atoms with Gasteiger partial charge in [-0.3, -0.25) is 4.99 Å². The van der Waals surface area contributed by atoms with E-state index in [0.29, 0.717) is 11.1 Å². The first-order chi connectivity index (χ1) is 13.6. The Kier molecular flexibility index (Phi) is 4.37. The zero-order valence-electron chi connectivity index (χ0n) is 15.7. The van der Waals surface area contributed by atoms with Gasteiger partial charge in [-0.15, -0.1) is 11.3 Å². The normalized spacial score (nSPS) is 19.0. The molecule has 2 fully saturated rings. The number of thiazole rings is 1. The molecule has 0 atom stereocenters. The number of fused-ring (bicyclic) bond motifs is 1. The summed E-state index contributed by atoms with van der Waals surface area (Å²) in [6, 6.07) is 5.57. The summed E-state index contributed by atoms with van der Waals surface area (Å²) in [4.78, 5) is 12.4. The van der Waals surface area contributed by atoms with Gasteiger partial charge in [-0.05, 0) is 50.6 Å². The van der Waals surface area contributed by atoms with Crippen molar-refractivity contribution < 1.29 is 4.39 Å². The van der Waals surface area contributed by atoms with Crippen LogP contribution in [0.5, 0.6) is 0 Å². The monoisotopic (exact) mass is 415 g/mol. The molecule has 8 heteroatoms. The van der Waals surface area contributed by atoms with Gasteiger partial charge in [0.2, 0.25) is 0 Å². The number of piperidine rings is 1. The number of benzene rings is 1. The molecule has 5 rings (SSSR count). The second kappa shape index (κ2) is 6.79. The third-order valence-corrected chi connectivity index (χ3v) is 8.16. The van der Waals surface area contributed by atoms with E-state index in [0.717, 1.165) is 39.7 Å². The van der Waals surface area contributed by atoms with E-state index in [1.807, 2.05) is 6.07 Å². The van der Waals surface area contributed by atoms with Crippen LogP contribution in [0.2, 0.25) is 0 Å². The van der Waals surface area contributed by atoms with Crippen LogP contribution in [-0.2, 0) is 0 Å². The minimum Gasteiger partial charge on any atom is -0.396 e. The summed E-state index contributed by atoms with van der Waals surface area (Å²) in [6.45, 7) is 3.33. The lowest BCUT2D eigenvalue weighted by atomic mass is 9.77. The van der Waals surface area contributed by atoms with E-state index in [9.17, 15) is 4.39 Å². The zero-order valence-corrected chi connectivity index (χ0v) is 17.3. The molecule has 0 radical (unpaired) electrons. The van der Waals surface area contributed by atoms with Crippen LogP contribution in [-0.4, -0.2) is 43.4 Å². The fraction of sp³-hybridized carbons (Fsp3) is 0.400. The lowest BCUT2D eigenvalue weighted by molar-refractivity contribution is 0.207. The van der Waals surface area contributed by atoms with Crippen LogP contribution < -0.4 is 16.0 Å². The van der Waals surface area contributed by atoms with Gasteiger partial charge in [0.1, 0.15) is 15.7 Å². The number of hydrogen-bond donors (Lipinski definition) is 2. The van der Waals surface area contributed by atoms with Gasteiger partial charge in [0.15, 0.2) is 0 Å². The fourth-order valence-electron chi connectivity index (χ4n) is 4.28. The summed E-state index contributed by atoms with van der Waals surface area (Å²) < 4.78 is 15.4. The van der Waals surface area contributed by atoms with Crippen molar-refractivity contribution in [2.45, 2.75) is 24.8 Å². The first kappa shape index (κ1) is 18.0. The number of anilines is 2. The molecule has 2 aliphatic rings. The van der Waals surface area contributed by atoms with E-state index < -0.39 is 5.82 Å². The molecule has 1 spiro atoms. The van der Waals surface area contributed by atoms with Gasteiger partial charge < -0.3 is 16.0 Å². The zero-order chi connectivity index (χ0) is 19.3. The minimum absolute atomic E-state index is 0.125. The van der Waals surface area contributed by atoms with Crippen molar-refractivity contribution in [3.05, 3.63) is 29.6 Å². The molecule has 0 bridgehead atoms. The van der Waals surface area contributed by atoms with Crippen molar-refractivity contribution in [3.8, 4) is 10.6 Å². The van der Waals surface area contributed by atoms with Crippen LogP contribution in [0.4, 0.5) is 15.1 Å². The fourth-order valence-corrected chi connectivity index (χ4v) is 6.62. The molecule has 3 N–H and O–H groups in total.